The van der Waals surface area contributed by atoms with Crippen LogP contribution in [0.15, 0.2) is 48.7 Å². The molecule has 1 atom stereocenters. The lowest BCUT2D eigenvalue weighted by Crippen LogP contribution is -2.27. The summed E-state index contributed by atoms with van der Waals surface area (Å²) in [5, 5.41) is 17.4. The van der Waals surface area contributed by atoms with Crippen LogP contribution in [-0.2, 0) is 0 Å². The number of benzene rings is 2. The molecule has 4 N–H and O–H groups in total. The zero-order chi connectivity index (χ0) is 23.7. The lowest BCUT2D eigenvalue weighted by atomic mass is 9.97. The Morgan fingerprint density at radius 3 is 2.70 bits per heavy atom. The first kappa shape index (κ1) is 22.6. The SMILES string of the molecule is Cc1cc(F)c(-c2ccn3nc(N)nc3c2)c(F)c1C(=O)NCC[C@@H](O)c1ccc(Cl)cc1. The molecule has 1 amide bonds. The molecule has 2 aromatic carbocycles. The van der Waals surface area contributed by atoms with E-state index in [1.165, 1.54) is 29.8 Å². The number of nitrogen functional groups attached to an aromatic ring is 1. The molecule has 0 bridgehead atoms. The number of anilines is 1. The Kier molecular flexibility index (Phi) is 6.26. The third kappa shape index (κ3) is 4.64. The fourth-order valence-electron chi connectivity index (χ4n) is 3.60. The molecule has 0 spiro atoms. The quantitative estimate of drug-likeness (QED) is 0.393. The van der Waals surface area contributed by atoms with Crippen LogP contribution in [0, 0.1) is 18.6 Å². The Labute approximate surface area is 192 Å². The molecule has 0 aliphatic rings. The van der Waals surface area contributed by atoms with Gasteiger partial charge in [0.15, 0.2) is 5.65 Å². The van der Waals surface area contributed by atoms with Crippen molar-refractivity contribution in [3.8, 4) is 11.1 Å². The number of rotatable bonds is 6. The average Bonchev–Trinajstić information content (AvgIpc) is 3.13. The number of nitrogens with zero attached hydrogens (tertiary/aromatic N) is 3. The van der Waals surface area contributed by atoms with Crippen LogP contribution in [-0.4, -0.2) is 32.2 Å². The van der Waals surface area contributed by atoms with Crippen molar-refractivity contribution in [3.63, 3.8) is 0 Å². The number of aromatic nitrogens is 3. The molecule has 0 radical (unpaired) electrons. The summed E-state index contributed by atoms with van der Waals surface area (Å²) >= 11 is 5.84. The molecule has 0 unspecified atom stereocenters. The highest BCUT2D eigenvalue weighted by Crippen LogP contribution is 2.31. The molecule has 0 saturated carbocycles. The van der Waals surface area contributed by atoms with Crippen molar-refractivity contribution in [1.29, 1.82) is 0 Å². The normalized spacial score (nSPS) is 12.2. The molecule has 0 saturated heterocycles. The number of hydrogen-bond acceptors (Lipinski definition) is 5. The first-order chi connectivity index (χ1) is 15.7. The summed E-state index contributed by atoms with van der Waals surface area (Å²) in [6.07, 6.45) is 0.845. The number of aliphatic hydroxyl groups excluding tert-OH is 1. The number of amides is 1. The van der Waals surface area contributed by atoms with Gasteiger partial charge in [-0.25, -0.2) is 13.3 Å². The van der Waals surface area contributed by atoms with Crippen LogP contribution in [0.2, 0.25) is 5.02 Å². The van der Waals surface area contributed by atoms with Gasteiger partial charge in [-0.15, -0.1) is 5.10 Å². The van der Waals surface area contributed by atoms with Crippen molar-refractivity contribution in [1.82, 2.24) is 19.9 Å². The van der Waals surface area contributed by atoms with E-state index in [2.05, 4.69) is 15.4 Å². The number of carbonyl (C=O) groups is 1. The highest BCUT2D eigenvalue weighted by Gasteiger charge is 2.23. The van der Waals surface area contributed by atoms with Crippen LogP contribution in [0.4, 0.5) is 14.7 Å². The zero-order valence-corrected chi connectivity index (χ0v) is 18.3. The van der Waals surface area contributed by atoms with Gasteiger partial charge < -0.3 is 16.2 Å². The molecule has 170 valence electrons. The largest absolute Gasteiger partial charge is 0.388 e. The fraction of sp³-hybridized carbons (Fsp3) is 0.174. The molecule has 10 heteroatoms. The number of nitrogens with two attached hydrogens (primary N) is 1. The van der Waals surface area contributed by atoms with Crippen molar-refractivity contribution < 1.29 is 18.7 Å². The molecule has 0 aliphatic carbocycles. The molecule has 2 aromatic heterocycles. The second kappa shape index (κ2) is 9.13. The molecule has 4 rings (SSSR count). The van der Waals surface area contributed by atoms with Crippen LogP contribution in [0.3, 0.4) is 0 Å². The third-order valence-electron chi connectivity index (χ3n) is 5.24. The number of pyridine rings is 1. The second-order valence-corrected chi connectivity index (χ2v) is 7.98. The average molecular weight is 472 g/mol. The Morgan fingerprint density at radius 1 is 1.24 bits per heavy atom. The van der Waals surface area contributed by atoms with Gasteiger partial charge in [-0.05, 0) is 60.4 Å². The molecular formula is C23H20ClF2N5O2. The van der Waals surface area contributed by atoms with Crippen LogP contribution in [0.1, 0.15) is 34.0 Å². The summed E-state index contributed by atoms with van der Waals surface area (Å²) in [6, 6.07) is 10.7. The van der Waals surface area contributed by atoms with E-state index in [0.717, 1.165) is 6.07 Å². The van der Waals surface area contributed by atoms with Crippen molar-refractivity contribution >= 4 is 29.1 Å². The maximum Gasteiger partial charge on any atom is 0.254 e. The number of hydrogen-bond donors (Lipinski definition) is 3. The van der Waals surface area contributed by atoms with E-state index in [1.807, 2.05) is 0 Å². The smallest absolute Gasteiger partial charge is 0.254 e. The number of nitrogens with one attached hydrogen (secondary N) is 1. The van der Waals surface area contributed by atoms with E-state index < -0.39 is 23.6 Å². The summed E-state index contributed by atoms with van der Waals surface area (Å²) in [5.74, 6) is -2.48. The van der Waals surface area contributed by atoms with Gasteiger partial charge in [-0.2, -0.15) is 4.98 Å². The second-order valence-electron chi connectivity index (χ2n) is 7.54. The maximum absolute atomic E-state index is 15.4. The Bertz CT molecular complexity index is 1340. The molecule has 0 fully saturated rings. The fourth-order valence-corrected chi connectivity index (χ4v) is 3.72. The summed E-state index contributed by atoms with van der Waals surface area (Å²) in [7, 11) is 0. The van der Waals surface area contributed by atoms with Crippen molar-refractivity contribution in [2.24, 2.45) is 0 Å². The highest BCUT2D eigenvalue weighted by molar-refractivity contribution is 6.30. The number of carbonyl (C=O) groups excluding carboxylic acids is 1. The van der Waals surface area contributed by atoms with Gasteiger partial charge in [0.1, 0.15) is 11.6 Å². The zero-order valence-electron chi connectivity index (χ0n) is 17.5. The lowest BCUT2D eigenvalue weighted by Gasteiger charge is -2.15. The van der Waals surface area contributed by atoms with Gasteiger partial charge in [0, 0.05) is 17.8 Å². The van der Waals surface area contributed by atoms with Gasteiger partial charge in [-0.1, -0.05) is 23.7 Å². The van der Waals surface area contributed by atoms with Crippen LogP contribution < -0.4 is 11.1 Å². The first-order valence-corrected chi connectivity index (χ1v) is 10.4. The minimum Gasteiger partial charge on any atom is -0.388 e. The molecule has 2 heterocycles. The Morgan fingerprint density at radius 2 is 1.97 bits per heavy atom. The van der Waals surface area contributed by atoms with E-state index in [4.69, 9.17) is 17.3 Å². The first-order valence-electron chi connectivity index (χ1n) is 10.1. The van der Waals surface area contributed by atoms with Gasteiger partial charge in [-0.3, -0.25) is 4.79 Å². The van der Waals surface area contributed by atoms with Gasteiger partial charge in [0.2, 0.25) is 5.95 Å². The molecule has 4 aromatic rings. The molecular weight excluding hydrogens is 452 g/mol. The Balaban J connectivity index is 1.55. The van der Waals surface area contributed by atoms with Crippen molar-refractivity contribution in [3.05, 3.63) is 82.0 Å². The van der Waals surface area contributed by atoms with E-state index in [-0.39, 0.29) is 41.2 Å². The molecule has 0 aliphatic heterocycles. The van der Waals surface area contributed by atoms with Crippen LogP contribution in [0.25, 0.3) is 16.8 Å². The number of aryl methyl sites for hydroxylation is 1. The topological polar surface area (TPSA) is 106 Å². The van der Waals surface area contributed by atoms with E-state index in [0.29, 0.717) is 16.2 Å². The van der Waals surface area contributed by atoms with E-state index in [9.17, 15) is 14.3 Å². The maximum atomic E-state index is 15.4. The number of aliphatic hydroxyl groups is 1. The predicted molar refractivity (Wildman–Crippen MR) is 121 cm³/mol. The third-order valence-corrected chi connectivity index (χ3v) is 5.50. The summed E-state index contributed by atoms with van der Waals surface area (Å²) in [6.45, 7) is 1.54. The van der Waals surface area contributed by atoms with Crippen LogP contribution in [0.5, 0.6) is 0 Å². The van der Waals surface area contributed by atoms with E-state index >= 15 is 4.39 Å². The minimum absolute atomic E-state index is 0.0258. The number of fused-ring (bicyclic) bond motifs is 1. The number of halogens is 3. The van der Waals surface area contributed by atoms with Crippen molar-refractivity contribution in [2.75, 3.05) is 12.3 Å². The van der Waals surface area contributed by atoms with Gasteiger partial charge in [0.05, 0.1) is 17.2 Å². The van der Waals surface area contributed by atoms with Crippen LogP contribution >= 0.6 is 11.6 Å². The standard InChI is InChI=1S/C23H20ClF2N5O2/c1-12-10-16(25)20(14-7-9-31-18(11-14)29-23(27)30-31)21(26)19(12)22(33)28-8-6-17(32)13-2-4-15(24)5-3-13/h2-5,7,9-11,17,32H,6,8H2,1H3,(H2,27,30)(H,28,33)/t17-/m1/s1. The lowest BCUT2D eigenvalue weighted by molar-refractivity contribution is 0.0938. The summed E-state index contributed by atoms with van der Waals surface area (Å²) in [5.41, 5.74) is 6.24. The van der Waals surface area contributed by atoms with Gasteiger partial charge >= 0.3 is 0 Å². The van der Waals surface area contributed by atoms with E-state index in [1.54, 1.807) is 24.3 Å². The minimum atomic E-state index is -0.986. The predicted octanol–water partition coefficient (Wildman–Crippen LogP) is 4.07. The Hall–Kier alpha value is -3.56. The van der Waals surface area contributed by atoms with Crippen molar-refractivity contribution in [2.45, 2.75) is 19.4 Å². The molecule has 33 heavy (non-hydrogen) atoms. The summed E-state index contributed by atoms with van der Waals surface area (Å²) < 4.78 is 31.5. The van der Waals surface area contributed by atoms with Gasteiger partial charge in [0.25, 0.3) is 5.91 Å². The highest BCUT2D eigenvalue weighted by atomic mass is 35.5. The summed E-state index contributed by atoms with van der Waals surface area (Å²) in [4.78, 5) is 16.7. The molecule has 7 nitrogen and oxygen atoms in total. The monoisotopic (exact) mass is 471 g/mol.